The van der Waals surface area contributed by atoms with Crippen LogP contribution in [0.1, 0.15) is 33.1 Å². The van der Waals surface area contributed by atoms with Crippen LogP contribution in [0.2, 0.25) is 0 Å². The Morgan fingerprint density at radius 2 is 2.27 bits per heavy atom. The van der Waals surface area contributed by atoms with Crippen LogP contribution in [-0.2, 0) is 10.0 Å². The predicted octanol–water partition coefficient (Wildman–Crippen LogP) is 0.769. The summed E-state index contributed by atoms with van der Waals surface area (Å²) in [5.41, 5.74) is 5.32. The first-order valence-corrected chi connectivity index (χ1v) is 7.14. The molecule has 0 bridgehead atoms. The summed E-state index contributed by atoms with van der Waals surface area (Å²) < 4.78 is 26.0. The smallest absolute Gasteiger partial charge is 0.220 e. The van der Waals surface area contributed by atoms with Gasteiger partial charge >= 0.3 is 0 Å². The van der Waals surface area contributed by atoms with Crippen LogP contribution in [0.25, 0.3) is 0 Å². The van der Waals surface area contributed by atoms with Crippen LogP contribution in [0.3, 0.4) is 0 Å². The summed E-state index contributed by atoms with van der Waals surface area (Å²) in [4.78, 5) is 0.0233. The minimum Gasteiger partial charge on any atom is -0.392 e. The van der Waals surface area contributed by atoms with Crippen molar-refractivity contribution in [1.29, 1.82) is 0 Å². The van der Waals surface area contributed by atoms with E-state index in [0.29, 0.717) is 5.92 Å². The highest BCUT2D eigenvalue weighted by molar-refractivity contribution is 7.93. The van der Waals surface area contributed by atoms with Crippen LogP contribution in [-0.4, -0.2) is 24.7 Å². The second kappa shape index (κ2) is 4.76. The van der Waals surface area contributed by atoms with Gasteiger partial charge in [0.15, 0.2) is 0 Å². The Morgan fingerprint density at radius 1 is 1.67 bits per heavy atom. The zero-order chi connectivity index (χ0) is 11.6. The zero-order valence-corrected chi connectivity index (χ0v) is 10.7. The molecule has 0 amide bonds. The van der Waals surface area contributed by atoms with Crippen molar-refractivity contribution in [2.24, 2.45) is 11.7 Å². The molecular weight excluding hydrogens is 232 g/mol. The molecule has 6 heteroatoms. The largest absolute Gasteiger partial charge is 0.392 e. The predicted molar refractivity (Wildman–Crippen MR) is 65.1 cm³/mol. The van der Waals surface area contributed by atoms with E-state index < -0.39 is 15.3 Å². The number of sulfonamides is 1. The van der Waals surface area contributed by atoms with Crippen molar-refractivity contribution in [1.82, 2.24) is 4.72 Å². The van der Waals surface area contributed by atoms with Gasteiger partial charge in [0.2, 0.25) is 10.0 Å². The summed E-state index contributed by atoms with van der Waals surface area (Å²) in [7, 11) is -3.36. The number of nitrogens with one attached hydrogen (secondary N) is 1. The van der Waals surface area contributed by atoms with E-state index in [1.54, 1.807) is 0 Å². The Bertz CT molecular complexity index is 340. The van der Waals surface area contributed by atoms with Crippen molar-refractivity contribution < 1.29 is 8.42 Å². The lowest BCUT2D eigenvalue weighted by Crippen LogP contribution is -2.41. The van der Waals surface area contributed by atoms with E-state index in [1.807, 2.05) is 0 Å². The number of hydrogen-bond acceptors (Lipinski definition) is 3. The molecule has 0 spiro atoms. The lowest BCUT2D eigenvalue weighted by atomic mass is 10.2. The third-order valence-corrected chi connectivity index (χ3v) is 5.08. The normalized spacial score (nSPS) is 27.3. The van der Waals surface area contributed by atoms with Crippen LogP contribution in [0, 0.1) is 5.92 Å². The van der Waals surface area contributed by atoms with Crippen molar-refractivity contribution in [2.45, 2.75) is 44.4 Å². The third kappa shape index (κ3) is 3.39. The van der Waals surface area contributed by atoms with Gasteiger partial charge in [-0.1, -0.05) is 25.6 Å². The molecule has 3 N–H and O–H groups in total. The van der Waals surface area contributed by atoms with Crippen molar-refractivity contribution in [3.8, 4) is 0 Å². The van der Waals surface area contributed by atoms with E-state index >= 15 is 0 Å². The van der Waals surface area contributed by atoms with E-state index in [-0.39, 0.29) is 11.0 Å². The van der Waals surface area contributed by atoms with Gasteiger partial charge in [0.25, 0.3) is 0 Å². The first-order chi connectivity index (χ1) is 6.88. The van der Waals surface area contributed by atoms with Crippen molar-refractivity contribution >= 4 is 27.2 Å². The van der Waals surface area contributed by atoms with E-state index in [9.17, 15) is 8.42 Å². The Kier molecular flexibility index (Phi) is 4.08. The van der Waals surface area contributed by atoms with E-state index in [1.165, 1.54) is 6.92 Å². The Labute approximate surface area is 96.7 Å². The molecule has 0 heterocycles. The van der Waals surface area contributed by atoms with Gasteiger partial charge in [-0.15, -0.1) is 0 Å². The van der Waals surface area contributed by atoms with Gasteiger partial charge in [-0.05, 0) is 25.7 Å². The molecule has 88 valence electrons. The monoisotopic (exact) mass is 250 g/mol. The van der Waals surface area contributed by atoms with Crippen molar-refractivity contribution in [3.05, 3.63) is 0 Å². The first kappa shape index (κ1) is 12.9. The molecule has 15 heavy (non-hydrogen) atoms. The molecule has 3 unspecified atom stereocenters. The minimum absolute atomic E-state index is 0.0233. The van der Waals surface area contributed by atoms with E-state index in [2.05, 4.69) is 23.9 Å². The highest BCUT2D eigenvalue weighted by atomic mass is 32.2. The number of rotatable bonds is 6. The van der Waals surface area contributed by atoms with Gasteiger partial charge in [-0.3, -0.25) is 0 Å². The molecule has 0 aromatic rings. The average molecular weight is 250 g/mol. The summed E-state index contributed by atoms with van der Waals surface area (Å²) in [6.45, 7) is 3.61. The number of hydrogen-bond donors (Lipinski definition) is 2. The molecule has 0 radical (unpaired) electrons. The van der Waals surface area contributed by atoms with Gasteiger partial charge < -0.3 is 5.73 Å². The zero-order valence-electron chi connectivity index (χ0n) is 9.06. The molecule has 0 saturated heterocycles. The van der Waals surface area contributed by atoms with Gasteiger partial charge in [-0.2, -0.15) is 0 Å². The van der Waals surface area contributed by atoms with Gasteiger partial charge in [-0.25, -0.2) is 13.1 Å². The maximum absolute atomic E-state index is 11.7. The molecule has 1 aliphatic rings. The molecule has 0 aliphatic heterocycles. The van der Waals surface area contributed by atoms with Gasteiger partial charge in [0, 0.05) is 6.04 Å². The first-order valence-electron chi connectivity index (χ1n) is 5.19. The van der Waals surface area contributed by atoms with Crippen LogP contribution in [0.4, 0.5) is 0 Å². The summed E-state index contributed by atoms with van der Waals surface area (Å²) in [5.74, 6) is 0.503. The molecule has 0 aromatic carbocycles. The molecule has 1 aliphatic carbocycles. The molecule has 3 atom stereocenters. The van der Waals surface area contributed by atoms with Crippen LogP contribution < -0.4 is 10.5 Å². The average Bonchev–Trinajstić information content (AvgIpc) is 2.81. The van der Waals surface area contributed by atoms with Gasteiger partial charge in [0.1, 0.15) is 5.25 Å². The van der Waals surface area contributed by atoms with Gasteiger partial charge in [0.05, 0.1) is 4.99 Å². The Balaban J connectivity index is 2.49. The van der Waals surface area contributed by atoms with Crippen molar-refractivity contribution in [2.75, 3.05) is 0 Å². The summed E-state index contributed by atoms with van der Waals surface area (Å²) in [6.07, 6.45) is 3.11. The molecule has 1 rings (SSSR count). The highest BCUT2D eigenvalue weighted by Crippen LogP contribution is 2.35. The maximum atomic E-state index is 11.7. The fourth-order valence-corrected chi connectivity index (χ4v) is 3.15. The van der Waals surface area contributed by atoms with E-state index in [0.717, 1.165) is 19.3 Å². The highest BCUT2D eigenvalue weighted by Gasteiger charge is 2.40. The summed E-state index contributed by atoms with van der Waals surface area (Å²) in [5, 5.41) is -0.782. The topological polar surface area (TPSA) is 72.2 Å². The molecule has 1 fully saturated rings. The molecular formula is C9H18N2O2S2. The number of thiocarbonyl (C=S) groups is 1. The van der Waals surface area contributed by atoms with Crippen LogP contribution >= 0.6 is 12.2 Å². The second-order valence-electron chi connectivity index (χ2n) is 4.10. The number of nitrogens with two attached hydrogens (primary N) is 1. The molecule has 0 aromatic heterocycles. The summed E-state index contributed by atoms with van der Waals surface area (Å²) >= 11 is 4.68. The van der Waals surface area contributed by atoms with Crippen LogP contribution in [0.5, 0.6) is 0 Å². The Hall–Kier alpha value is -0.200. The summed E-state index contributed by atoms with van der Waals surface area (Å²) in [6, 6.07) is 0.103. The lowest BCUT2D eigenvalue weighted by molar-refractivity contribution is 0.570. The standard InChI is InChI=1S/C9H18N2O2S2/c1-3-4-7-5-8(7)11-15(12,13)6(2)9(10)14/h6-8,11H,3-5H2,1-2H3,(H2,10,14). The molecule has 4 nitrogen and oxygen atoms in total. The quantitative estimate of drug-likeness (QED) is 0.683. The molecule has 1 saturated carbocycles. The second-order valence-corrected chi connectivity index (χ2v) is 6.60. The lowest BCUT2D eigenvalue weighted by Gasteiger charge is -2.12. The van der Waals surface area contributed by atoms with Crippen LogP contribution in [0.15, 0.2) is 0 Å². The fraction of sp³-hybridized carbons (Fsp3) is 0.889. The van der Waals surface area contributed by atoms with Crippen molar-refractivity contribution in [3.63, 3.8) is 0 Å². The van der Waals surface area contributed by atoms with E-state index in [4.69, 9.17) is 5.73 Å². The minimum atomic E-state index is -3.36. The Morgan fingerprint density at radius 3 is 2.73 bits per heavy atom. The fourth-order valence-electron chi connectivity index (χ4n) is 1.55. The third-order valence-electron chi connectivity index (χ3n) is 2.76. The SMILES string of the molecule is CCCC1CC1NS(=O)(=O)C(C)C(N)=S. The maximum Gasteiger partial charge on any atom is 0.220 e.